The zero-order valence-corrected chi connectivity index (χ0v) is 16.3. The number of nitrogens with zero attached hydrogens (tertiary/aromatic N) is 1. The van der Waals surface area contributed by atoms with E-state index in [1.54, 1.807) is 30.3 Å². The summed E-state index contributed by atoms with van der Waals surface area (Å²) in [6.07, 6.45) is 1.46. The van der Waals surface area contributed by atoms with Crippen molar-refractivity contribution in [3.63, 3.8) is 0 Å². The van der Waals surface area contributed by atoms with Gasteiger partial charge in [-0.2, -0.15) is 0 Å². The lowest BCUT2D eigenvalue weighted by Gasteiger charge is -2.09. The van der Waals surface area contributed by atoms with E-state index in [1.165, 1.54) is 20.1 Å². The van der Waals surface area contributed by atoms with E-state index in [0.29, 0.717) is 17.1 Å². The van der Waals surface area contributed by atoms with Crippen LogP contribution in [0.15, 0.2) is 39.7 Å². The summed E-state index contributed by atoms with van der Waals surface area (Å²) >= 11 is 0.736. The van der Waals surface area contributed by atoms with E-state index in [4.69, 9.17) is 4.42 Å². The second kappa shape index (κ2) is 7.85. The number of imide groups is 1. The Hall–Kier alpha value is -3.13. The van der Waals surface area contributed by atoms with Crippen molar-refractivity contribution in [1.29, 1.82) is 0 Å². The summed E-state index contributed by atoms with van der Waals surface area (Å²) in [6, 6.07) is 8.75. The summed E-state index contributed by atoms with van der Waals surface area (Å²) < 4.78 is 10.3. The molecule has 1 saturated heterocycles. The number of Topliss-reactive ketones (excluding diaryl/α,β-unsaturated/α-hetero) is 1. The van der Waals surface area contributed by atoms with Crippen molar-refractivity contribution in [1.82, 2.24) is 4.90 Å². The molecule has 2 amide bonds. The summed E-state index contributed by atoms with van der Waals surface area (Å²) in [4.78, 5) is 48.1. The Balaban J connectivity index is 1.83. The highest BCUT2D eigenvalue weighted by atomic mass is 32.2. The number of ether oxygens (including phenoxy) is 1. The van der Waals surface area contributed by atoms with Gasteiger partial charge in [-0.05, 0) is 49.4 Å². The van der Waals surface area contributed by atoms with Crippen molar-refractivity contribution < 1.29 is 28.3 Å². The molecular formula is C20H17NO6S. The quantitative estimate of drug-likeness (QED) is 0.430. The molecule has 0 spiro atoms. The molecule has 0 atom stereocenters. The van der Waals surface area contributed by atoms with Crippen LogP contribution in [-0.2, 0) is 14.3 Å². The summed E-state index contributed by atoms with van der Waals surface area (Å²) in [5.74, 6) is -0.285. The van der Waals surface area contributed by atoms with Gasteiger partial charge in [-0.3, -0.25) is 24.1 Å². The summed E-state index contributed by atoms with van der Waals surface area (Å²) in [7, 11) is 1.19. The fourth-order valence-corrected chi connectivity index (χ4v) is 3.51. The van der Waals surface area contributed by atoms with Gasteiger partial charge in [0.05, 0.1) is 12.0 Å². The first-order chi connectivity index (χ1) is 13.3. The Bertz CT molecular complexity index is 1020. The van der Waals surface area contributed by atoms with E-state index in [-0.39, 0.29) is 10.7 Å². The molecular weight excluding hydrogens is 382 g/mol. The standard InChI is InChI=1S/C20H17NO6S/c1-11-8-13(12(2)22)4-6-15(11)16-7-5-14(27-16)9-17-19(24)21(20(25)28-17)10-18(23)26-3/h4-9H,10H2,1-3H3/b17-9+. The van der Waals surface area contributed by atoms with Crippen LogP contribution in [0.4, 0.5) is 4.79 Å². The molecule has 3 rings (SSSR count). The fourth-order valence-electron chi connectivity index (χ4n) is 2.69. The minimum Gasteiger partial charge on any atom is -0.468 e. The van der Waals surface area contributed by atoms with E-state index in [9.17, 15) is 19.2 Å². The molecule has 8 heteroatoms. The molecule has 2 heterocycles. The molecule has 1 fully saturated rings. The minimum absolute atomic E-state index is 0.0162. The van der Waals surface area contributed by atoms with Gasteiger partial charge in [-0.15, -0.1) is 0 Å². The van der Waals surface area contributed by atoms with Crippen molar-refractivity contribution in [2.75, 3.05) is 13.7 Å². The molecule has 0 N–H and O–H groups in total. The van der Waals surface area contributed by atoms with E-state index < -0.39 is 23.7 Å². The second-order valence-corrected chi connectivity index (χ2v) is 7.13. The first-order valence-electron chi connectivity index (χ1n) is 8.34. The van der Waals surface area contributed by atoms with Crippen molar-refractivity contribution in [2.24, 2.45) is 0 Å². The first-order valence-corrected chi connectivity index (χ1v) is 9.15. The van der Waals surface area contributed by atoms with Crippen LogP contribution in [0, 0.1) is 6.92 Å². The number of benzene rings is 1. The first kappa shape index (κ1) is 19.6. The van der Waals surface area contributed by atoms with Gasteiger partial charge in [0.1, 0.15) is 18.1 Å². The SMILES string of the molecule is COC(=O)CN1C(=O)S/C(=C/c2ccc(-c3ccc(C(C)=O)cc3C)o2)C1=O. The van der Waals surface area contributed by atoms with Gasteiger partial charge in [0, 0.05) is 17.2 Å². The Kier molecular flexibility index (Phi) is 5.51. The van der Waals surface area contributed by atoms with Gasteiger partial charge in [-0.1, -0.05) is 12.1 Å². The lowest BCUT2D eigenvalue weighted by molar-refractivity contribution is -0.143. The molecule has 1 aliphatic heterocycles. The number of methoxy groups -OCH3 is 1. The highest BCUT2D eigenvalue weighted by Crippen LogP contribution is 2.33. The molecule has 1 aromatic heterocycles. The maximum absolute atomic E-state index is 12.3. The number of amides is 2. The number of esters is 1. The van der Waals surface area contributed by atoms with Crippen LogP contribution in [-0.4, -0.2) is 41.5 Å². The molecule has 144 valence electrons. The summed E-state index contributed by atoms with van der Waals surface area (Å²) in [6.45, 7) is 2.96. The van der Waals surface area contributed by atoms with Crippen LogP contribution in [0.25, 0.3) is 17.4 Å². The third-order valence-electron chi connectivity index (χ3n) is 4.19. The molecule has 1 aromatic carbocycles. The topological polar surface area (TPSA) is 93.9 Å². The van der Waals surface area contributed by atoms with Crippen molar-refractivity contribution in [3.8, 4) is 11.3 Å². The van der Waals surface area contributed by atoms with Crippen LogP contribution in [0.1, 0.15) is 28.6 Å². The van der Waals surface area contributed by atoms with E-state index in [2.05, 4.69) is 4.74 Å². The molecule has 7 nitrogen and oxygen atoms in total. The zero-order chi connectivity index (χ0) is 20.4. The van der Waals surface area contributed by atoms with Crippen molar-refractivity contribution in [3.05, 3.63) is 52.1 Å². The third-order valence-corrected chi connectivity index (χ3v) is 5.09. The van der Waals surface area contributed by atoms with Crippen LogP contribution >= 0.6 is 11.8 Å². The molecule has 0 unspecified atom stereocenters. The number of hydrogen-bond acceptors (Lipinski definition) is 7. The number of furan rings is 1. The number of ketones is 1. The van der Waals surface area contributed by atoms with Crippen LogP contribution < -0.4 is 0 Å². The number of rotatable bonds is 5. The molecule has 0 bridgehead atoms. The highest BCUT2D eigenvalue weighted by Gasteiger charge is 2.36. The number of hydrogen-bond donors (Lipinski definition) is 0. The second-order valence-electron chi connectivity index (χ2n) is 6.13. The minimum atomic E-state index is -0.673. The Labute approximate surface area is 165 Å². The van der Waals surface area contributed by atoms with Gasteiger partial charge in [0.15, 0.2) is 5.78 Å². The predicted molar refractivity (Wildman–Crippen MR) is 104 cm³/mol. The fraction of sp³-hybridized carbons (Fsp3) is 0.200. The molecule has 28 heavy (non-hydrogen) atoms. The molecule has 0 aliphatic carbocycles. The Morgan fingerprint density at radius 1 is 1.21 bits per heavy atom. The zero-order valence-electron chi connectivity index (χ0n) is 15.5. The van der Waals surface area contributed by atoms with Crippen molar-refractivity contribution in [2.45, 2.75) is 13.8 Å². The average Bonchev–Trinajstić information content (AvgIpc) is 3.21. The molecule has 0 saturated carbocycles. The van der Waals surface area contributed by atoms with Crippen molar-refractivity contribution >= 4 is 40.7 Å². The number of carbonyl (C=O) groups is 4. The predicted octanol–water partition coefficient (Wildman–Crippen LogP) is 3.67. The largest absolute Gasteiger partial charge is 0.468 e. The van der Waals surface area contributed by atoms with E-state index in [0.717, 1.165) is 27.8 Å². The van der Waals surface area contributed by atoms with Gasteiger partial charge < -0.3 is 9.15 Å². The van der Waals surface area contributed by atoms with E-state index in [1.807, 2.05) is 6.92 Å². The molecule has 0 radical (unpaired) electrons. The lowest BCUT2D eigenvalue weighted by Crippen LogP contribution is -2.34. The smallest absolute Gasteiger partial charge is 0.325 e. The van der Waals surface area contributed by atoms with Crippen LogP contribution in [0.5, 0.6) is 0 Å². The van der Waals surface area contributed by atoms with E-state index >= 15 is 0 Å². The number of aryl methyl sites for hydroxylation is 1. The summed E-state index contributed by atoms with van der Waals surface area (Å²) in [5, 5.41) is -0.538. The maximum Gasteiger partial charge on any atom is 0.325 e. The number of thioether (sulfide) groups is 1. The Morgan fingerprint density at radius 2 is 1.96 bits per heavy atom. The Morgan fingerprint density at radius 3 is 2.61 bits per heavy atom. The highest BCUT2D eigenvalue weighted by molar-refractivity contribution is 8.18. The van der Waals surface area contributed by atoms with Gasteiger partial charge in [0.2, 0.25) is 0 Å². The molecule has 1 aliphatic rings. The monoisotopic (exact) mass is 399 g/mol. The van der Waals surface area contributed by atoms with Gasteiger partial charge in [-0.25, -0.2) is 0 Å². The van der Waals surface area contributed by atoms with Crippen LogP contribution in [0.2, 0.25) is 0 Å². The summed E-state index contributed by atoms with van der Waals surface area (Å²) in [5.41, 5.74) is 2.32. The van der Waals surface area contributed by atoms with Gasteiger partial charge in [0.25, 0.3) is 11.1 Å². The maximum atomic E-state index is 12.3. The average molecular weight is 399 g/mol. The normalized spacial score (nSPS) is 15.4. The third kappa shape index (κ3) is 3.91. The number of carbonyl (C=O) groups excluding carboxylic acids is 4. The lowest BCUT2D eigenvalue weighted by atomic mass is 10.0. The van der Waals surface area contributed by atoms with Crippen LogP contribution in [0.3, 0.4) is 0 Å². The van der Waals surface area contributed by atoms with Gasteiger partial charge >= 0.3 is 5.97 Å². The molecule has 2 aromatic rings.